The van der Waals surface area contributed by atoms with Crippen LogP contribution >= 0.6 is 0 Å². The number of carbonyl (C=O) groups is 2. The molecule has 1 heterocycles. The zero-order chi connectivity index (χ0) is 12.8. The third-order valence-electron chi connectivity index (χ3n) is 2.38. The Bertz CT molecular complexity index is 430. The monoisotopic (exact) mass is 236 g/mol. The third kappa shape index (κ3) is 4.22. The van der Waals surface area contributed by atoms with Crippen LogP contribution in [0, 0.1) is 13.8 Å². The molecular weight excluding hydrogens is 220 g/mol. The molecule has 0 aliphatic rings. The van der Waals surface area contributed by atoms with E-state index in [4.69, 9.17) is 5.11 Å². The largest absolute Gasteiger partial charge is 0.465 e. The molecule has 0 aliphatic heterocycles. The maximum absolute atomic E-state index is 11.8. The molecule has 0 aliphatic carbocycles. The average Bonchev–Trinajstić information content (AvgIpc) is 2.23. The number of carbonyl (C=O) groups excluding carboxylic acids is 1. The zero-order valence-corrected chi connectivity index (χ0v) is 9.99. The van der Waals surface area contributed by atoms with Crippen LogP contribution in [0.25, 0.3) is 0 Å². The van der Waals surface area contributed by atoms with Crippen LogP contribution in [0.4, 0.5) is 4.79 Å². The second-order valence-corrected chi connectivity index (χ2v) is 3.84. The van der Waals surface area contributed by atoms with E-state index in [0.717, 1.165) is 11.4 Å². The number of carboxylic acid groups (broad SMARTS) is 1. The van der Waals surface area contributed by atoms with Crippen molar-refractivity contribution in [3.8, 4) is 0 Å². The van der Waals surface area contributed by atoms with Gasteiger partial charge in [-0.25, -0.2) is 4.79 Å². The highest BCUT2D eigenvalue weighted by atomic mass is 16.4. The third-order valence-corrected chi connectivity index (χ3v) is 2.38. The summed E-state index contributed by atoms with van der Waals surface area (Å²) in [5.74, 6) is 0.00203. The van der Waals surface area contributed by atoms with Gasteiger partial charge in [-0.2, -0.15) is 0 Å². The van der Waals surface area contributed by atoms with Gasteiger partial charge in [-0.3, -0.25) is 9.78 Å². The fraction of sp³-hybridized carbons (Fsp3) is 0.417. The number of amides is 1. The van der Waals surface area contributed by atoms with Crippen molar-refractivity contribution in [2.75, 3.05) is 6.54 Å². The molecular formula is C12H16N2O3. The maximum Gasteiger partial charge on any atom is 0.404 e. The van der Waals surface area contributed by atoms with E-state index in [-0.39, 0.29) is 5.78 Å². The van der Waals surface area contributed by atoms with Crippen LogP contribution in [0.2, 0.25) is 0 Å². The van der Waals surface area contributed by atoms with Crippen molar-refractivity contribution in [1.82, 2.24) is 10.3 Å². The van der Waals surface area contributed by atoms with Crippen LogP contribution in [0.15, 0.2) is 12.1 Å². The van der Waals surface area contributed by atoms with Crippen molar-refractivity contribution in [1.29, 1.82) is 0 Å². The first-order valence-electron chi connectivity index (χ1n) is 5.45. The van der Waals surface area contributed by atoms with Crippen LogP contribution in [0.1, 0.15) is 34.6 Å². The first-order valence-corrected chi connectivity index (χ1v) is 5.45. The van der Waals surface area contributed by atoms with Crippen molar-refractivity contribution in [2.45, 2.75) is 26.7 Å². The Balaban J connectivity index is 2.50. The molecule has 0 radical (unpaired) electrons. The van der Waals surface area contributed by atoms with E-state index in [1.165, 1.54) is 0 Å². The molecule has 0 unspecified atom stereocenters. The fourth-order valence-electron chi connectivity index (χ4n) is 1.56. The predicted octanol–water partition coefficient (Wildman–Crippen LogP) is 1.93. The predicted molar refractivity (Wildman–Crippen MR) is 63.3 cm³/mol. The molecule has 5 nitrogen and oxygen atoms in total. The lowest BCUT2D eigenvalue weighted by Crippen LogP contribution is -2.22. The number of hydrogen-bond acceptors (Lipinski definition) is 3. The molecule has 0 saturated carbocycles. The van der Waals surface area contributed by atoms with Crippen LogP contribution in [0.3, 0.4) is 0 Å². The molecule has 0 fully saturated rings. The normalized spacial score (nSPS) is 10.0. The molecule has 92 valence electrons. The summed E-state index contributed by atoms with van der Waals surface area (Å²) in [7, 11) is 0. The Labute approximate surface area is 99.9 Å². The number of aromatic nitrogens is 1. The van der Waals surface area contributed by atoms with Gasteiger partial charge in [0.25, 0.3) is 0 Å². The lowest BCUT2D eigenvalue weighted by atomic mass is 10.1. The lowest BCUT2D eigenvalue weighted by Gasteiger charge is -2.05. The summed E-state index contributed by atoms with van der Waals surface area (Å²) in [5, 5.41) is 10.6. The van der Waals surface area contributed by atoms with Gasteiger partial charge >= 0.3 is 6.09 Å². The molecule has 0 bridgehead atoms. The van der Waals surface area contributed by atoms with E-state index in [1.54, 1.807) is 19.1 Å². The number of nitrogens with zero attached hydrogens (tertiary/aromatic N) is 1. The standard InChI is InChI=1S/C12H16N2O3/c1-8-5-6-10(9(2)14-8)11(15)4-3-7-13-12(16)17/h5-6,13H,3-4,7H2,1-2H3,(H,16,17). The molecule has 0 saturated heterocycles. The number of rotatable bonds is 5. The summed E-state index contributed by atoms with van der Waals surface area (Å²) in [6.45, 7) is 3.97. The minimum Gasteiger partial charge on any atom is -0.465 e. The zero-order valence-electron chi connectivity index (χ0n) is 9.99. The smallest absolute Gasteiger partial charge is 0.404 e. The van der Waals surface area contributed by atoms with Gasteiger partial charge in [0, 0.05) is 29.9 Å². The number of Topliss-reactive ketones (excluding diaryl/α,β-unsaturated/α-hetero) is 1. The first kappa shape index (κ1) is 13.2. The number of ketones is 1. The molecule has 1 rings (SSSR count). The Morgan fingerprint density at radius 3 is 2.65 bits per heavy atom. The van der Waals surface area contributed by atoms with Gasteiger partial charge in [-0.1, -0.05) is 0 Å². The van der Waals surface area contributed by atoms with Crippen molar-refractivity contribution >= 4 is 11.9 Å². The van der Waals surface area contributed by atoms with E-state index in [0.29, 0.717) is 24.9 Å². The summed E-state index contributed by atoms with van der Waals surface area (Å²) < 4.78 is 0. The Hall–Kier alpha value is -1.91. The van der Waals surface area contributed by atoms with E-state index < -0.39 is 6.09 Å². The topological polar surface area (TPSA) is 79.3 Å². The van der Waals surface area contributed by atoms with Gasteiger partial charge in [0.2, 0.25) is 0 Å². The Kier molecular flexibility index (Phi) is 4.63. The second kappa shape index (κ2) is 5.98. The quantitative estimate of drug-likeness (QED) is 0.604. The molecule has 5 heteroatoms. The van der Waals surface area contributed by atoms with Crippen LogP contribution in [-0.4, -0.2) is 28.5 Å². The minimum absolute atomic E-state index is 0.00203. The second-order valence-electron chi connectivity index (χ2n) is 3.84. The lowest BCUT2D eigenvalue weighted by molar-refractivity contribution is 0.0978. The van der Waals surface area contributed by atoms with Crippen molar-refractivity contribution < 1.29 is 14.7 Å². The summed E-state index contributed by atoms with van der Waals surface area (Å²) >= 11 is 0. The Morgan fingerprint density at radius 2 is 2.06 bits per heavy atom. The molecule has 0 spiro atoms. The van der Waals surface area contributed by atoms with Crippen LogP contribution in [0.5, 0.6) is 0 Å². The fourth-order valence-corrected chi connectivity index (χ4v) is 1.56. The Morgan fingerprint density at radius 1 is 1.35 bits per heavy atom. The minimum atomic E-state index is -1.06. The molecule has 2 N–H and O–H groups in total. The molecule has 0 aromatic carbocycles. The summed E-state index contributed by atoms with van der Waals surface area (Å²) in [6.07, 6.45) is -0.241. The highest BCUT2D eigenvalue weighted by molar-refractivity contribution is 5.97. The summed E-state index contributed by atoms with van der Waals surface area (Å²) in [5.41, 5.74) is 2.22. The highest BCUT2D eigenvalue weighted by Crippen LogP contribution is 2.10. The van der Waals surface area contributed by atoms with E-state index >= 15 is 0 Å². The van der Waals surface area contributed by atoms with Gasteiger partial charge < -0.3 is 10.4 Å². The van der Waals surface area contributed by atoms with Gasteiger partial charge in [0.15, 0.2) is 5.78 Å². The van der Waals surface area contributed by atoms with Gasteiger partial charge in [0.05, 0.1) is 0 Å². The summed E-state index contributed by atoms with van der Waals surface area (Å²) in [4.78, 5) is 26.2. The molecule has 1 amide bonds. The van der Waals surface area contributed by atoms with E-state index in [1.807, 2.05) is 6.92 Å². The number of aryl methyl sites for hydroxylation is 2. The summed E-state index contributed by atoms with van der Waals surface area (Å²) in [6, 6.07) is 3.57. The molecule has 1 aromatic heterocycles. The molecule has 0 atom stereocenters. The van der Waals surface area contributed by atoms with Gasteiger partial charge in [0.1, 0.15) is 0 Å². The van der Waals surface area contributed by atoms with Gasteiger partial charge in [-0.15, -0.1) is 0 Å². The average molecular weight is 236 g/mol. The van der Waals surface area contributed by atoms with Crippen molar-refractivity contribution in [3.63, 3.8) is 0 Å². The molecule has 17 heavy (non-hydrogen) atoms. The maximum atomic E-state index is 11.8. The number of nitrogens with one attached hydrogen (secondary N) is 1. The van der Waals surface area contributed by atoms with Gasteiger partial charge in [-0.05, 0) is 32.4 Å². The SMILES string of the molecule is Cc1ccc(C(=O)CCCNC(=O)O)c(C)n1. The molecule has 1 aromatic rings. The van der Waals surface area contributed by atoms with Crippen LogP contribution in [-0.2, 0) is 0 Å². The van der Waals surface area contributed by atoms with E-state index in [2.05, 4.69) is 10.3 Å². The van der Waals surface area contributed by atoms with E-state index in [9.17, 15) is 9.59 Å². The number of pyridine rings is 1. The van der Waals surface area contributed by atoms with Crippen LogP contribution < -0.4 is 5.32 Å². The van der Waals surface area contributed by atoms with Crippen molar-refractivity contribution in [2.24, 2.45) is 0 Å². The number of hydrogen-bond donors (Lipinski definition) is 2. The van der Waals surface area contributed by atoms with Crippen molar-refractivity contribution in [3.05, 3.63) is 29.1 Å². The highest BCUT2D eigenvalue weighted by Gasteiger charge is 2.09. The first-order chi connectivity index (χ1) is 8.00.